The van der Waals surface area contributed by atoms with Crippen LogP contribution in [0.4, 0.5) is 5.69 Å². The van der Waals surface area contributed by atoms with Gasteiger partial charge in [-0.3, -0.25) is 4.79 Å². The monoisotopic (exact) mass is 364 g/mol. The zero-order valence-corrected chi connectivity index (χ0v) is 14.7. The fraction of sp³-hybridized carbons (Fsp3) is 0.333. The van der Waals surface area contributed by atoms with Gasteiger partial charge in [-0.1, -0.05) is 24.3 Å². The first-order chi connectivity index (χ1) is 11.7. The van der Waals surface area contributed by atoms with Gasteiger partial charge in [0.2, 0.25) is 5.91 Å². The third-order valence-corrected chi connectivity index (χ3v) is 4.15. The number of methoxy groups -OCH3 is 1. The van der Waals surface area contributed by atoms with Gasteiger partial charge in [0.25, 0.3) is 0 Å². The standard InChI is InChI=1S/C18H20N2O4.ClH/c1-23-17(21)11-24-16-7-6-15(13-4-2-3-5-14(13)16)20-18(22)12-8-9-19-10-12;/h2-7,12,19H,8-11H2,1H3,(H,20,22);1H. The summed E-state index contributed by atoms with van der Waals surface area (Å²) in [5, 5.41) is 7.91. The van der Waals surface area contributed by atoms with Crippen LogP contribution in [-0.4, -0.2) is 38.7 Å². The number of ether oxygens (including phenoxy) is 2. The fourth-order valence-corrected chi connectivity index (χ4v) is 2.82. The number of carbonyl (C=O) groups excluding carboxylic acids is 2. The van der Waals surface area contributed by atoms with E-state index in [0.717, 1.165) is 29.4 Å². The Bertz CT molecular complexity index is 760. The molecule has 3 rings (SSSR count). The lowest BCUT2D eigenvalue weighted by Crippen LogP contribution is -2.24. The molecule has 1 amide bonds. The maximum atomic E-state index is 12.4. The summed E-state index contributed by atoms with van der Waals surface area (Å²) in [5.41, 5.74) is 0.743. The molecule has 0 spiro atoms. The summed E-state index contributed by atoms with van der Waals surface area (Å²) in [6, 6.07) is 11.2. The lowest BCUT2D eigenvalue weighted by Gasteiger charge is -2.14. The smallest absolute Gasteiger partial charge is 0.343 e. The van der Waals surface area contributed by atoms with E-state index in [4.69, 9.17) is 4.74 Å². The zero-order chi connectivity index (χ0) is 16.9. The minimum atomic E-state index is -0.440. The first-order valence-corrected chi connectivity index (χ1v) is 7.92. The van der Waals surface area contributed by atoms with E-state index in [0.29, 0.717) is 12.3 Å². The quantitative estimate of drug-likeness (QED) is 0.796. The lowest BCUT2D eigenvalue weighted by molar-refractivity contribution is -0.142. The SMILES string of the molecule is COC(=O)COc1ccc(NC(=O)C2CCNC2)c2ccccc12.Cl. The molecule has 25 heavy (non-hydrogen) atoms. The van der Waals surface area contributed by atoms with Gasteiger partial charge in [-0.2, -0.15) is 0 Å². The van der Waals surface area contributed by atoms with Crippen molar-refractivity contribution in [3.05, 3.63) is 36.4 Å². The molecular formula is C18H21ClN2O4. The molecule has 1 aliphatic rings. The van der Waals surface area contributed by atoms with Crippen molar-refractivity contribution in [1.29, 1.82) is 0 Å². The van der Waals surface area contributed by atoms with E-state index in [1.54, 1.807) is 12.1 Å². The van der Waals surface area contributed by atoms with Gasteiger partial charge in [0, 0.05) is 23.0 Å². The molecule has 0 aromatic heterocycles. The zero-order valence-electron chi connectivity index (χ0n) is 13.9. The highest BCUT2D eigenvalue weighted by atomic mass is 35.5. The van der Waals surface area contributed by atoms with E-state index in [-0.39, 0.29) is 30.8 Å². The fourth-order valence-electron chi connectivity index (χ4n) is 2.82. The normalized spacial score (nSPS) is 16.1. The van der Waals surface area contributed by atoms with Crippen LogP contribution in [-0.2, 0) is 14.3 Å². The average molecular weight is 365 g/mol. The number of rotatable bonds is 5. The Labute approximate surface area is 152 Å². The first-order valence-electron chi connectivity index (χ1n) is 7.92. The Balaban J connectivity index is 0.00000225. The van der Waals surface area contributed by atoms with Crippen LogP contribution in [0.1, 0.15) is 6.42 Å². The molecule has 134 valence electrons. The van der Waals surface area contributed by atoms with E-state index in [9.17, 15) is 9.59 Å². The van der Waals surface area contributed by atoms with Gasteiger partial charge >= 0.3 is 5.97 Å². The average Bonchev–Trinajstić information content (AvgIpc) is 3.15. The van der Waals surface area contributed by atoms with Gasteiger partial charge in [0.15, 0.2) is 6.61 Å². The number of fused-ring (bicyclic) bond motifs is 1. The largest absolute Gasteiger partial charge is 0.481 e. The van der Waals surface area contributed by atoms with Crippen molar-refractivity contribution in [3.8, 4) is 5.75 Å². The van der Waals surface area contributed by atoms with Crippen LogP contribution in [0.15, 0.2) is 36.4 Å². The van der Waals surface area contributed by atoms with E-state index >= 15 is 0 Å². The van der Waals surface area contributed by atoms with Crippen molar-refractivity contribution < 1.29 is 19.1 Å². The molecule has 1 heterocycles. The molecule has 1 aliphatic heterocycles. The Morgan fingerprint density at radius 1 is 1.20 bits per heavy atom. The number of nitrogens with one attached hydrogen (secondary N) is 2. The predicted molar refractivity (Wildman–Crippen MR) is 98.3 cm³/mol. The third-order valence-electron chi connectivity index (χ3n) is 4.15. The summed E-state index contributed by atoms with van der Waals surface area (Å²) < 4.78 is 10.1. The van der Waals surface area contributed by atoms with Gasteiger partial charge in [-0.05, 0) is 25.1 Å². The number of hydrogen-bond donors (Lipinski definition) is 2. The van der Waals surface area contributed by atoms with Crippen LogP contribution in [0.25, 0.3) is 10.8 Å². The van der Waals surface area contributed by atoms with Crippen molar-refractivity contribution in [3.63, 3.8) is 0 Å². The minimum absolute atomic E-state index is 0. The van der Waals surface area contributed by atoms with Crippen molar-refractivity contribution >= 4 is 40.7 Å². The molecule has 2 aromatic rings. The summed E-state index contributed by atoms with van der Waals surface area (Å²) in [7, 11) is 1.32. The highest BCUT2D eigenvalue weighted by Crippen LogP contribution is 2.32. The van der Waals surface area contributed by atoms with Crippen molar-refractivity contribution in [1.82, 2.24) is 5.32 Å². The second-order valence-electron chi connectivity index (χ2n) is 5.70. The number of benzene rings is 2. The molecular weight excluding hydrogens is 344 g/mol. The molecule has 0 radical (unpaired) electrons. The van der Waals surface area contributed by atoms with Gasteiger partial charge in [-0.15, -0.1) is 12.4 Å². The van der Waals surface area contributed by atoms with Crippen molar-refractivity contribution in [2.45, 2.75) is 6.42 Å². The summed E-state index contributed by atoms with van der Waals surface area (Å²) in [6.07, 6.45) is 0.851. The number of esters is 1. The van der Waals surface area contributed by atoms with Gasteiger partial charge in [0.1, 0.15) is 5.75 Å². The maximum absolute atomic E-state index is 12.4. The molecule has 1 fully saturated rings. The van der Waals surface area contributed by atoms with Crippen LogP contribution in [0.2, 0.25) is 0 Å². The molecule has 7 heteroatoms. The molecule has 0 saturated carbocycles. The highest BCUT2D eigenvalue weighted by molar-refractivity contribution is 6.05. The van der Waals surface area contributed by atoms with Crippen LogP contribution in [0, 0.1) is 5.92 Å². The van der Waals surface area contributed by atoms with Crippen LogP contribution < -0.4 is 15.4 Å². The van der Waals surface area contributed by atoms with Gasteiger partial charge < -0.3 is 20.1 Å². The van der Waals surface area contributed by atoms with Gasteiger partial charge in [0.05, 0.1) is 13.0 Å². The van der Waals surface area contributed by atoms with Crippen LogP contribution >= 0.6 is 12.4 Å². The van der Waals surface area contributed by atoms with Crippen LogP contribution in [0.5, 0.6) is 5.75 Å². The summed E-state index contributed by atoms with van der Waals surface area (Å²) in [5.74, 6) is 0.161. The molecule has 2 aromatic carbocycles. The van der Waals surface area contributed by atoms with Gasteiger partial charge in [-0.25, -0.2) is 4.79 Å². The second-order valence-corrected chi connectivity index (χ2v) is 5.70. The Hall–Kier alpha value is -2.31. The molecule has 1 unspecified atom stereocenters. The number of halogens is 1. The highest BCUT2D eigenvalue weighted by Gasteiger charge is 2.23. The molecule has 1 saturated heterocycles. The summed E-state index contributed by atoms with van der Waals surface area (Å²) in [6.45, 7) is 1.43. The Morgan fingerprint density at radius 3 is 2.64 bits per heavy atom. The molecule has 6 nitrogen and oxygen atoms in total. The lowest BCUT2D eigenvalue weighted by atomic mass is 10.1. The maximum Gasteiger partial charge on any atom is 0.343 e. The molecule has 2 N–H and O–H groups in total. The molecule has 0 aliphatic carbocycles. The third kappa shape index (κ3) is 4.41. The van der Waals surface area contributed by atoms with Crippen LogP contribution in [0.3, 0.4) is 0 Å². The Kier molecular flexibility index (Phi) is 6.61. The van der Waals surface area contributed by atoms with Crippen molar-refractivity contribution in [2.75, 3.05) is 32.1 Å². The number of hydrogen-bond acceptors (Lipinski definition) is 5. The summed E-state index contributed by atoms with van der Waals surface area (Å²) >= 11 is 0. The predicted octanol–water partition coefficient (Wildman–Crippen LogP) is 2.36. The minimum Gasteiger partial charge on any atom is -0.481 e. The van der Waals surface area contributed by atoms with E-state index in [1.807, 2.05) is 24.3 Å². The molecule has 1 atom stereocenters. The summed E-state index contributed by atoms with van der Waals surface area (Å²) in [4.78, 5) is 23.6. The van der Waals surface area contributed by atoms with E-state index < -0.39 is 5.97 Å². The topological polar surface area (TPSA) is 76.7 Å². The first kappa shape index (κ1) is 19.0. The molecule has 0 bridgehead atoms. The Morgan fingerprint density at radius 2 is 1.96 bits per heavy atom. The number of anilines is 1. The number of amides is 1. The number of carbonyl (C=O) groups is 2. The van der Waals surface area contributed by atoms with E-state index in [2.05, 4.69) is 15.4 Å². The van der Waals surface area contributed by atoms with E-state index in [1.165, 1.54) is 7.11 Å². The second kappa shape index (κ2) is 8.69. The van der Waals surface area contributed by atoms with Crippen molar-refractivity contribution in [2.24, 2.45) is 5.92 Å².